The fraction of sp³-hybridized carbons (Fsp3) is 0.867. The summed E-state index contributed by atoms with van der Waals surface area (Å²) >= 11 is 0. The van der Waals surface area contributed by atoms with Crippen LogP contribution in [0, 0.1) is 0 Å². The summed E-state index contributed by atoms with van der Waals surface area (Å²) < 4.78 is 0. The zero-order valence-electron chi connectivity index (χ0n) is 13.7. The van der Waals surface area contributed by atoms with Gasteiger partial charge in [0.25, 0.3) is 0 Å². The average Bonchev–Trinajstić information content (AvgIpc) is 2.91. The molecule has 1 saturated heterocycles. The maximum atomic E-state index is 11.7. The van der Waals surface area contributed by atoms with E-state index in [1.54, 1.807) is 0 Å². The summed E-state index contributed by atoms with van der Waals surface area (Å²) in [5, 5.41) is 6.73. The van der Waals surface area contributed by atoms with Crippen molar-refractivity contribution in [3.8, 4) is 0 Å². The largest absolute Gasteiger partial charge is 0.357 e. The Morgan fingerprint density at radius 1 is 1.29 bits per heavy atom. The van der Waals surface area contributed by atoms with Crippen LogP contribution >= 0.6 is 24.0 Å². The average molecular weight is 410 g/mol. The molecule has 0 aromatic carbocycles. The highest BCUT2D eigenvalue weighted by atomic mass is 127. The Kier molecular flexibility index (Phi) is 11.8. The molecule has 21 heavy (non-hydrogen) atoms. The number of nitrogens with zero attached hydrogens (tertiary/aromatic N) is 2. The Labute approximate surface area is 146 Å². The lowest BCUT2D eigenvalue weighted by Gasteiger charge is -2.18. The fourth-order valence-corrected chi connectivity index (χ4v) is 2.39. The van der Waals surface area contributed by atoms with E-state index in [9.17, 15) is 4.79 Å². The summed E-state index contributed by atoms with van der Waals surface area (Å²) in [6, 6.07) is 0.328. The van der Waals surface area contributed by atoms with Gasteiger partial charge < -0.3 is 15.5 Å². The molecule has 1 unspecified atom stereocenters. The molecule has 0 spiro atoms. The van der Waals surface area contributed by atoms with Gasteiger partial charge in [-0.15, -0.1) is 24.0 Å². The number of hydrogen-bond donors (Lipinski definition) is 2. The molecule has 1 aliphatic rings. The summed E-state index contributed by atoms with van der Waals surface area (Å²) in [5.74, 6) is 1.14. The van der Waals surface area contributed by atoms with Gasteiger partial charge in [0, 0.05) is 38.6 Å². The van der Waals surface area contributed by atoms with Crippen LogP contribution in [-0.4, -0.2) is 49.0 Å². The van der Waals surface area contributed by atoms with E-state index in [-0.39, 0.29) is 29.9 Å². The number of halogens is 1. The Morgan fingerprint density at radius 3 is 2.67 bits per heavy atom. The second-order valence-corrected chi connectivity index (χ2v) is 5.29. The van der Waals surface area contributed by atoms with Crippen molar-refractivity contribution in [3.05, 3.63) is 0 Å². The summed E-state index contributed by atoms with van der Waals surface area (Å²) in [5.41, 5.74) is 0. The van der Waals surface area contributed by atoms with E-state index >= 15 is 0 Å². The molecule has 0 aliphatic carbocycles. The molecule has 124 valence electrons. The molecule has 1 amide bonds. The number of nitrogens with one attached hydrogen (secondary N) is 2. The van der Waals surface area contributed by atoms with E-state index in [2.05, 4.69) is 29.5 Å². The van der Waals surface area contributed by atoms with Crippen molar-refractivity contribution >= 4 is 35.8 Å². The van der Waals surface area contributed by atoms with E-state index in [4.69, 9.17) is 0 Å². The Morgan fingerprint density at radius 2 is 2.05 bits per heavy atom. The molecule has 0 saturated carbocycles. The number of amides is 1. The third-order valence-corrected chi connectivity index (χ3v) is 3.56. The molecular weight excluding hydrogens is 379 g/mol. The van der Waals surface area contributed by atoms with Gasteiger partial charge in [-0.2, -0.15) is 0 Å². The van der Waals surface area contributed by atoms with Gasteiger partial charge >= 0.3 is 0 Å². The first-order valence-electron chi connectivity index (χ1n) is 8.03. The van der Waals surface area contributed by atoms with E-state index in [1.807, 2.05) is 11.8 Å². The van der Waals surface area contributed by atoms with Gasteiger partial charge in [-0.05, 0) is 19.8 Å². The van der Waals surface area contributed by atoms with Crippen molar-refractivity contribution in [2.75, 3.05) is 26.2 Å². The number of guanidine groups is 1. The number of unbranched alkanes of at least 4 members (excludes halogenated alkanes) is 2. The lowest BCUT2D eigenvalue weighted by atomic mass is 10.2. The molecule has 1 heterocycles. The van der Waals surface area contributed by atoms with Crippen molar-refractivity contribution < 1.29 is 4.79 Å². The SMILES string of the molecule is CCCCCN=C(NCC)NC1CCN(C(=O)CC)C1.I. The second-order valence-electron chi connectivity index (χ2n) is 5.29. The van der Waals surface area contributed by atoms with Crippen LogP contribution in [-0.2, 0) is 4.79 Å². The van der Waals surface area contributed by atoms with Gasteiger partial charge in [-0.1, -0.05) is 26.7 Å². The van der Waals surface area contributed by atoms with Crippen molar-refractivity contribution in [1.82, 2.24) is 15.5 Å². The molecule has 1 fully saturated rings. The van der Waals surface area contributed by atoms with Crippen LogP contribution in [0.3, 0.4) is 0 Å². The molecule has 0 aromatic rings. The molecular formula is C15H31IN4O. The van der Waals surface area contributed by atoms with E-state index in [1.165, 1.54) is 12.8 Å². The fourth-order valence-electron chi connectivity index (χ4n) is 2.39. The minimum Gasteiger partial charge on any atom is -0.357 e. The number of rotatable bonds is 7. The number of hydrogen-bond acceptors (Lipinski definition) is 2. The number of carbonyl (C=O) groups is 1. The molecule has 1 atom stereocenters. The first-order valence-corrected chi connectivity index (χ1v) is 8.03. The zero-order valence-corrected chi connectivity index (χ0v) is 16.0. The number of aliphatic imine (C=N–C) groups is 1. The predicted molar refractivity (Wildman–Crippen MR) is 99.3 cm³/mol. The van der Waals surface area contributed by atoms with E-state index in [0.717, 1.165) is 45.0 Å². The molecule has 1 rings (SSSR count). The molecule has 0 radical (unpaired) electrons. The van der Waals surface area contributed by atoms with Gasteiger partial charge in [-0.25, -0.2) is 0 Å². The van der Waals surface area contributed by atoms with Crippen LogP contribution < -0.4 is 10.6 Å². The Hall–Kier alpha value is -0.530. The first kappa shape index (κ1) is 20.5. The standard InChI is InChI=1S/C15H30N4O.HI/c1-4-7-8-10-17-15(16-6-3)18-13-9-11-19(12-13)14(20)5-2;/h13H,4-12H2,1-3H3,(H2,16,17,18);1H. The third-order valence-electron chi connectivity index (χ3n) is 3.56. The van der Waals surface area contributed by atoms with Gasteiger partial charge in [0.05, 0.1) is 0 Å². The summed E-state index contributed by atoms with van der Waals surface area (Å²) in [6.45, 7) is 9.58. The van der Waals surface area contributed by atoms with Gasteiger partial charge in [0.1, 0.15) is 0 Å². The van der Waals surface area contributed by atoms with Crippen LogP contribution in [0.25, 0.3) is 0 Å². The van der Waals surface area contributed by atoms with Gasteiger partial charge in [-0.3, -0.25) is 9.79 Å². The normalized spacial score (nSPS) is 18.3. The molecule has 0 aromatic heterocycles. The highest BCUT2D eigenvalue weighted by Gasteiger charge is 2.25. The van der Waals surface area contributed by atoms with Crippen molar-refractivity contribution in [2.24, 2.45) is 4.99 Å². The Bertz CT molecular complexity index is 323. The minimum absolute atomic E-state index is 0. The number of carbonyl (C=O) groups excluding carboxylic acids is 1. The highest BCUT2D eigenvalue weighted by molar-refractivity contribution is 14.0. The van der Waals surface area contributed by atoms with Crippen LogP contribution in [0.1, 0.15) is 52.9 Å². The summed E-state index contributed by atoms with van der Waals surface area (Å²) in [7, 11) is 0. The van der Waals surface area contributed by atoms with E-state index in [0.29, 0.717) is 12.5 Å². The Balaban J connectivity index is 0.00000400. The second kappa shape index (κ2) is 12.1. The van der Waals surface area contributed by atoms with Crippen LogP contribution in [0.4, 0.5) is 0 Å². The zero-order chi connectivity index (χ0) is 14.8. The minimum atomic E-state index is 0. The maximum Gasteiger partial charge on any atom is 0.222 e. The van der Waals surface area contributed by atoms with Crippen LogP contribution in [0.2, 0.25) is 0 Å². The quantitative estimate of drug-likeness (QED) is 0.293. The van der Waals surface area contributed by atoms with Crippen molar-refractivity contribution in [1.29, 1.82) is 0 Å². The third kappa shape index (κ3) is 7.87. The van der Waals surface area contributed by atoms with E-state index < -0.39 is 0 Å². The van der Waals surface area contributed by atoms with Crippen LogP contribution in [0.15, 0.2) is 4.99 Å². The highest BCUT2D eigenvalue weighted by Crippen LogP contribution is 2.10. The first-order chi connectivity index (χ1) is 9.71. The van der Waals surface area contributed by atoms with Crippen LogP contribution in [0.5, 0.6) is 0 Å². The predicted octanol–water partition coefficient (Wildman–Crippen LogP) is 2.36. The molecule has 2 N–H and O–H groups in total. The molecule has 0 bridgehead atoms. The van der Waals surface area contributed by atoms with Crippen molar-refractivity contribution in [3.63, 3.8) is 0 Å². The topological polar surface area (TPSA) is 56.7 Å². The molecule has 6 heteroatoms. The smallest absolute Gasteiger partial charge is 0.222 e. The van der Waals surface area contributed by atoms with Crippen molar-refractivity contribution in [2.45, 2.75) is 58.9 Å². The van der Waals surface area contributed by atoms with Gasteiger partial charge in [0.2, 0.25) is 5.91 Å². The number of likely N-dealkylation sites (tertiary alicyclic amines) is 1. The maximum absolute atomic E-state index is 11.7. The molecule has 1 aliphatic heterocycles. The monoisotopic (exact) mass is 410 g/mol. The van der Waals surface area contributed by atoms with Gasteiger partial charge in [0.15, 0.2) is 5.96 Å². The summed E-state index contributed by atoms with van der Waals surface area (Å²) in [6.07, 6.45) is 5.18. The lowest BCUT2D eigenvalue weighted by molar-refractivity contribution is -0.129. The summed E-state index contributed by atoms with van der Waals surface area (Å²) in [4.78, 5) is 18.2. The lowest BCUT2D eigenvalue weighted by Crippen LogP contribution is -2.45. The molecule has 5 nitrogen and oxygen atoms in total.